The summed E-state index contributed by atoms with van der Waals surface area (Å²) in [4.78, 5) is 0. The molecule has 0 fully saturated rings. The summed E-state index contributed by atoms with van der Waals surface area (Å²) >= 11 is 0. The van der Waals surface area contributed by atoms with Gasteiger partial charge in [0.15, 0.2) is 0 Å². The Hall–Kier alpha value is -4.56. The monoisotopic (exact) mass is 434 g/mol. The maximum atomic E-state index is 4.18. The molecule has 5 aromatic carbocycles. The highest BCUT2D eigenvalue weighted by Gasteiger charge is 2.19. The summed E-state index contributed by atoms with van der Waals surface area (Å²) in [5.41, 5.74) is 8.40. The van der Waals surface area contributed by atoms with Crippen LogP contribution in [0.5, 0.6) is 0 Å². The van der Waals surface area contributed by atoms with Crippen LogP contribution in [-0.4, -0.2) is 9.13 Å². The van der Waals surface area contributed by atoms with Crippen LogP contribution in [0.4, 0.5) is 0 Å². The lowest BCUT2D eigenvalue weighted by atomic mass is 10.0. The van der Waals surface area contributed by atoms with Crippen molar-refractivity contribution in [3.05, 3.63) is 122 Å². The molecule has 0 N–H and O–H groups in total. The Morgan fingerprint density at radius 2 is 1.24 bits per heavy atom. The van der Waals surface area contributed by atoms with Crippen molar-refractivity contribution in [2.75, 3.05) is 0 Å². The second kappa shape index (κ2) is 7.23. The summed E-state index contributed by atoms with van der Waals surface area (Å²) in [6, 6.07) is 41.2. The van der Waals surface area contributed by atoms with Crippen molar-refractivity contribution >= 4 is 49.8 Å². The lowest BCUT2D eigenvalue weighted by Gasteiger charge is -2.08. The summed E-state index contributed by atoms with van der Waals surface area (Å²) in [5, 5.41) is 5.00. The molecule has 0 aliphatic carbocycles. The topological polar surface area (TPSA) is 9.86 Å². The van der Waals surface area contributed by atoms with E-state index in [1.165, 1.54) is 54.7 Å². The first-order valence-corrected chi connectivity index (χ1v) is 11.6. The lowest BCUT2D eigenvalue weighted by molar-refractivity contribution is 1.18. The van der Waals surface area contributed by atoms with E-state index >= 15 is 0 Å². The Kier molecular flexibility index (Phi) is 4.03. The summed E-state index contributed by atoms with van der Waals surface area (Å²) in [6.07, 6.45) is 1.94. The second-order valence-corrected chi connectivity index (χ2v) is 8.69. The molecule has 160 valence electrons. The quantitative estimate of drug-likeness (QED) is 0.263. The van der Waals surface area contributed by atoms with E-state index < -0.39 is 0 Å². The highest BCUT2D eigenvalue weighted by molar-refractivity contribution is 6.26. The molecule has 0 amide bonds. The standard InChI is InChI=1S/C32H22N2/c1-2-33-28-16-10-9-15-25(28)26-18-20-30-31(32(26)33)27-21-23(22-11-5-3-6-12-22)17-19-29(27)34(30)24-13-7-4-8-14-24/h2-21H,1H2. The Bertz CT molecular complexity index is 1850. The molecule has 7 aromatic rings. The minimum Gasteiger partial charge on any atom is -0.316 e. The summed E-state index contributed by atoms with van der Waals surface area (Å²) < 4.78 is 4.63. The predicted octanol–water partition coefficient (Wildman–Crippen LogP) is 8.66. The molecule has 0 spiro atoms. The van der Waals surface area contributed by atoms with Gasteiger partial charge in [-0.25, -0.2) is 0 Å². The normalized spacial score (nSPS) is 11.6. The van der Waals surface area contributed by atoms with Crippen LogP contribution in [0, 0.1) is 0 Å². The summed E-state index contributed by atoms with van der Waals surface area (Å²) in [5.74, 6) is 0. The fourth-order valence-corrected chi connectivity index (χ4v) is 5.45. The van der Waals surface area contributed by atoms with Gasteiger partial charge in [-0.15, -0.1) is 0 Å². The van der Waals surface area contributed by atoms with E-state index in [-0.39, 0.29) is 0 Å². The Morgan fingerprint density at radius 3 is 2.03 bits per heavy atom. The fraction of sp³-hybridized carbons (Fsp3) is 0. The van der Waals surface area contributed by atoms with Crippen molar-refractivity contribution in [3.8, 4) is 16.8 Å². The molecule has 2 heteroatoms. The smallest absolute Gasteiger partial charge is 0.0635 e. The second-order valence-electron chi connectivity index (χ2n) is 8.69. The third-order valence-electron chi connectivity index (χ3n) is 6.90. The van der Waals surface area contributed by atoms with Gasteiger partial charge in [-0.2, -0.15) is 0 Å². The van der Waals surface area contributed by atoms with E-state index in [0.29, 0.717) is 0 Å². The molecular formula is C32H22N2. The molecule has 7 rings (SSSR count). The molecule has 0 bridgehead atoms. The molecular weight excluding hydrogens is 412 g/mol. The summed E-state index contributed by atoms with van der Waals surface area (Å²) in [7, 11) is 0. The maximum Gasteiger partial charge on any atom is 0.0635 e. The highest BCUT2D eigenvalue weighted by atomic mass is 15.0. The van der Waals surface area contributed by atoms with Crippen molar-refractivity contribution in [2.24, 2.45) is 0 Å². The van der Waals surface area contributed by atoms with E-state index in [0.717, 1.165) is 5.69 Å². The molecule has 0 radical (unpaired) electrons. The van der Waals surface area contributed by atoms with Gasteiger partial charge in [0.25, 0.3) is 0 Å². The van der Waals surface area contributed by atoms with Crippen molar-refractivity contribution < 1.29 is 0 Å². The van der Waals surface area contributed by atoms with Gasteiger partial charge >= 0.3 is 0 Å². The number of hydrogen-bond acceptors (Lipinski definition) is 0. The van der Waals surface area contributed by atoms with Crippen LogP contribution in [0.1, 0.15) is 0 Å². The Labute approximate surface area is 197 Å². The number of nitrogens with zero attached hydrogens (tertiary/aromatic N) is 2. The molecule has 34 heavy (non-hydrogen) atoms. The van der Waals surface area contributed by atoms with Gasteiger partial charge in [-0.1, -0.05) is 85.4 Å². The van der Waals surface area contributed by atoms with Crippen LogP contribution in [0.2, 0.25) is 0 Å². The van der Waals surface area contributed by atoms with Gasteiger partial charge in [0.1, 0.15) is 0 Å². The van der Waals surface area contributed by atoms with Crippen LogP contribution < -0.4 is 0 Å². The molecule has 0 atom stereocenters. The van der Waals surface area contributed by atoms with Gasteiger partial charge in [0.05, 0.1) is 22.1 Å². The maximum absolute atomic E-state index is 4.18. The molecule has 2 nitrogen and oxygen atoms in total. The number of rotatable bonds is 3. The molecule has 0 saturated heterocycles. The minimum absolute atomic E-state index is 1.16. The zero-order chi connectivity index (χ0) is 22.6. The molecule has 0 saturated carbocycles. The highest BCUT2D eigenvalue weighted by Crippen LogP contribution is 2.41. The molecule has 2 aromatic heterocycles. The van der Waals surface area contributed by atoms with Gasteiger partial charge in [-0.05, 0) is 47.5 Å². The fourth-order valence-electron chi connectivity index (χ4n) is 5.45. The van der Waals surface area contributed by atoms with E-state index in [9.17, 15) is 0 Å². The SMILES string of the molecule is C=Cn1c2ccccc2c2ccc3c(c4cc(-c5ccccc5)ccc4n3-c3ccccc3)c21. The van der Waals surface area contributed by atoms with E-state index in [2.05, 4.69) is 131 Å². The van der Waals surface area contributed by atoms with Crippen molar-refractivity contribution in [3.63, 3.8) is 0 Å². The average Bonchev–Trinajstić information content (AvgIpc) is 3.41. The molecule has 0 unspecified atom stereocenters. The van der Waals surface area contributed by atoms with Gasteiger partial charge < -0.3 is 9.13 Å². The van der Waals surface area contributed by atoms with Crippen molar-refractivity contribution in [2.45, 2.75) is 0 Å². The minimum atomic E-state index is 1.16. The van der Waals surface area contributed by atoms with Crippen LogP contribution in [0.15, 0.2) is 122 Å². The lowest BCUT2D eigenvalue weighted by Crippen LogP contribution is -1.93. The number of fused-ring (bicyclic) bond motifs is 7. The predicted molar refractivity (Wildman–Crippen MR) is 146 cm³/mol. The third kappa shape index (κ3) is 2.57. The van der Waals surface area contributed by atoms with E-state index in [1.54, 1.807) is 0 Å². The number of para-hydroxylation sites is 2. The molecule has 0 aliphatic rings. The number of hydrogen-bond donors (Lipinski definition) is 0. The van der Waals surface area contributed by atoms with Gasteiger partial charge in [-0.3, -0.25) is 0 Å². The Balaban J connectivity index is 1.72. The first-order chi connectivity index (χ1) is 16.8. The summed E-state index contributed by atoms with van der Waals surface area (Å²) in [6.45, 7) is 4.18. The number of aromatic nitrogens is 2. The molecule has 0 aliphatic heterocycles. The largest absolute Gasteiger partial charge is 0.316 e. The van der Waals surface area contributed by atoms with Crippen LogP contribution in [0.25, 0.3) is 66.6 Å². The van der Waals surface area contributed by atoms with E-state index in [4.69, 9.17) is 0 Å². The Morgan fingerprint density at radius 1 is 0.529 bits per heavy atom. The van der Waals surface area contributed by atoms with Crippen LogP contribution >= 0.6 is 0 Å². The number of benzene rings is 5. The first kappa shape index (κ1) is 19.0. The van der Waals surface area contributed by atoms with Crippen LogP contribution in [0.3, 0.4) is 0 Å². The van der Waals surface area contributed by atoms with Crippen molar-refractivity contribution in [1.29, 1.82) is 0 Å². The van der Waals surface area contributed by atoms with Crippen molar-refractivity contribution in [1.82, 2.24) is 9.13 Å². The third-order valence-corrected chi connectivity index (χ3v) is 6.90. The zero-order valence-corrected chi connectivity index (χ0v) is 18.6. The zero-order valence-electron chi connectivity index (χ0n) is 18.6. The van der Waals surface area contributed by atoms with Crippen LogP contribution in [-0.2, 0) is 0 Å². The van der Waals surface area contributed by atoms with Gasteiger partial charge in [0, 0.05) is 33.4 Å². The molecule has 2 heterocycles. The van der Waals surface area contributed by atoms with Gasteiger partial charge in [0.2, 0.25) is 0 Å². The average molecular weight is 435 g/mol. The van der Waals surface area contributed by atoms with E-state index in [1.807, 2.05) is 6.20 Å². The first-order valence-electron chi connectivity index (χ1n) is 11.6.